The van der Waals surface area contributed by atoms with Crippen LogP contribution in [0.15, 0.2) is 29.6 Å². The van der Waals surface area contributed by atoms with Crippen LogP contribution in [0.2, 0.25) is 0 Å². The molecule has 2 aromatic rings. The zero-order valence-corrected chi connectivity index (χ0v) is 16.6. The molecule has 0 spiro atoms. The molecule has 26 heavy (non-hydrogen) atoms. The summed E-state index contributed by atoms with van der Waals surface area (Å²) in [6.07, 6.45) is 0.919. The molecule has 1 fully saturated rings. The number of nitrogens with zero attached hydrogens (tertiary/aromatic N) is 2. The molecule has 3 rings (SSSR count). The second-order valence-electron chi connectivity index (χ2n) is 7.79. The van der Waals surface area contributed by atoms with Crippen molar-refractivity contribution in [1.82, 2.24) is 10.3 Å². The highest BCUT2D eigenvalue weighted by atomic mass is 32.1. The van der Waals surface area contributed by atoms with Crippen molar-refractivity contribution in [2.75, 3.05) is 18.0 Å². The summed E-state index contributed by atoms with van der Waals surface area (Å²) in [5.41, 5.74) is 3.19. The average molecular weight is 368 g/mol. The third kappa shape index (κ3) is 4.64. The normalized spacial score (nSPS) is 16.9. The van der Waals surface area contributed by atoms with Gasteiger partial charge in [0, 0.05) is 41.4 Å². The van der Waals surface area contributed by atoms with Crippen LogP contribution in [0.25, 0.3) is 0 Å². The average Bonchev–Trinajstić information content (AvgIpc) is 3.21. The van der Waals surface area contributed by atoms with Gasteiger partial charge in [-0.1, -0.05) is 38.8 Å². The maximum Gasteiger partial charge on any atom is 0.296 e. The van der Waals surface area contributed by atoms with E-state index in [0.29, 0.717) is 0 Å². The van der Waals surface area contributed by atoms with Crippen molar-refractivity contribution < 1.29 is 4.79 Å². The Balaban J connectivity index is 1.56. The zero-order chi connectivity index (χ0) is 18.7. The van der Waals surface area contributed by atoms with Crippen molar-refractivity contribution in [2.45, 2.75) is 45.6 Å². The van der Waals surface area contributed by atoms with Gasteiger partial charge in [-0.2, -0.15) is 0 Å². The maximum atomic E-state index is 12.1. The second-order valence-corrected chi connectivity index (χ2v) is 8.63. The Hall–Kier alpha value is -2.32. The van der Waals surface area contributed by atoms with Gasteiger partial charge in [0.1, 0.15) is 0 Å². The number of rotatable bonds is 2. The fourth-order valence-corrected chi connectivity index (χ4v) is 3.97. The second kappa shape index (κ2) is 7.51. The number of nitrogens with one attached hydrogen (secondary N) is 1. The number of carbonyl (C=O) groups excluding carboxylic acids is 1. The Morgan fingerprint density at radius 2 is 2.19 bits per heavy atom. The Kier molecular flexibility index (Phi) is 5.33. The lowest BCUT2D eigenvalue weighted by Gasteiger charge is -2.17. The summed E-state index contributed by atoms with van der Waals surface area (Å²) in [7, 11) is 0. The number of hydrogen-bond acceptors (Lipinski definition) is 4. The van der Waals surface area contributed by atoms with E-state index in [9.17, 15) is 4.79 Å². The minimum atomic E-state index is -0.215. The van der Waals surface area contributed by atoms with Gasteiger partial charge >= 0.3 is 0 Å². The molecule has 136 valence electrons. The smallest absolute Gasteiger partial charge is 0.296 e. The SMILES string of the molecule is Cc1cccc(C#CC(=O)NC2CCN(c3nc(C(C)(C)C)cs3)C2)c1. The van der Waals surface area contributed by atoms with Crippen LogP contribution in [0, 0.1) is 18.8 Å². The molecular weight excluding hydrogens is 342 g/mol. The van der Waals surface area contributed by atoms with Gasteiger partial charge in [-0.3, -0.25) is 4.79 Å². The van der Waals surface area contributed by atoms with Crippen LogP contribution in [0.5, 0.6) is 0 Å². The highest BCUT2D eigenvalue weighted by Crippen LogP contribution is 2.30. The molecule has 1 aliphatic rings. The number of aryl methyl sites for hydroxylation is 1. The lowest BCUT2D eigenvalue weighted by molar-refractivity contribution is -0.116. The van der Waals surface area contributed by atoms with Crippen LogP contribution in [0.3, 0.4) is 0 Å². The number of anilines is 1. The molecule has 5 heteroatoms. The molecule has 1 aromatic carbocycles. The first kappa shape index (κ1) is 18.5. The predicted molar refractivity (Wildman–Crippen MR) is 108 cm³/mol. The van der Waals surface area contributed by atoms with Gasteiger partial charge in [0.05, 0.1) is 5.69 Å². The fraction of sp³-hybridized carbons (Fsp3) is 0.429. The first-order valence-corrected chi connectivity index (χ1v) is 9.79. The minimum Gasteiger partial charge on any atom is -0.346 e. The molecule has 2 heterocycles. The van der Waals surface area contributed by atoms with Gasteiger partial charge in [0.15, 0.2) is 5.13 Å². The molecule has 0 aliphatic carbocycles. The summed E-state index contributed by atoms with van der Waals surface area (Å²) < 4.78 is 0. The topological polar surface area (TPSA) is 45.2 Å². The predicted octanol–water partition coefficient (Wildman–Crippen LogP) is 3.50. The fourth-order valence-electron chi connectivity index (χ4n) is 2.88. The number of thiazole rings is 1. The van der Waals surface area contributed by atoms with E-state index in [1.807, 2.05) is 31.2 Å². The number of aromatic nitrogens is 1. The van der Waals surface area contributed by atoms with Crippen LogP contribution in [-0.4, -0.2) is 30.0 Å². The van der Waals surface area contributed by atoms with E-state index < -0.39 is 0 Å². The molecule has 4 nitrogen and oxygen atoms in total. The van der Waals surface area contributed by atoms with E-state index in [1.165, 1.54) is 0 Å². The summed E-state index contributed by atoms with van der Waals surface area (Å²) in [5.74, 6) is 5.42. The maximum absolute atomic E-state index is 12.1. The molecule has 0 bridgehead atoms. The van der Waals surface area contributed by atoms with E-state index in [4.69, 9.17) is 4.98 Å². The number of hydrogen-bond donors (Lipinski definition) is 1. The minimum absolute atomic E-state index is 0.0630. The van der Waals surface area contributed by atoms with Crippen LogP contribution in [-0.2, 0) is 10.2 Å². The number of benzene rings is 1. The number of amides is 1. The lowest BCUT2D eigenvalue weighted by atomic mass is 9.93. The van der Waals surface area contributed by atoms with Crippen molar-refractivity contribution in [3.8, 4) is 11.8 Å². The summed E-state index contributed by atoms with van der Waals surface area (Å²) in [4.78, 5) is 19.1. The van der Waals surface area contributed by atoms with Gasteiger partial charge in [-0.05, 0) is 31.0 Å². The first-order chi connectivity index (χ1) is 12.3. The molecule has 1 unspecified atom stereocenters. The van der Waals surface area contributed by atoms with E-state index in [1.54, 1.807) is 11.3 Å². The molecule has 1 N–H and O–H groups in total. The van der Waals surface area contributed by atoms with Crippen molar-refractivity contribution in [3.63, 3.8) is 0 Å². The molecule has 1 saturated heterocycles. The van der Waals surface area contributed by atoms with Crippen LogP contribution < -0.4 is 10.2 Å². The van der Waals surface area contributed by atoms with Crippen molar-refractivity contribution in [1.29, 1.82) is 0 Å². The molecule has 1 atom stereocenters. The first-order valence-electron chi connectivity index (χ1n) is 8.91. The van der Waals surface area contributed by atoms with Gasteiger partial charge in [0.2, 0.25) is 0 Å². The standard InChI is InChI=1S/C21H25N3OS/c1-15-6-5-7-16(12-15)8-9-19(25)22-17-10-11-24(13-17)20-23-18(14-26-20)21(2,3)4/h5-7,12,14,17H,10-11,13H2,1-4H3,(H,22,25). The van der Waals surface area contributed by atoms with Gasteiger partial charge in [0.25, 0.3) is 5.91 Å². The Labute approximate surface area is 159 Å². The van der Waals surface area contributed by atoms with Crippen molar-refractivity contribution in [3.05, 3.63) is 46.5 Å². The lowest BCUT2D eigenvalue weighted by Crippen LogP contribution is -2.36. The van der Waals surface area contributed by atoms with Crippen LogP contribution in [0.1, 0.15) is 44.0 Å². The highest BCUT2D eigenvalue weighted by molar-refractivity contribution is 7.13. The van der Waals surface area contributed by atoms with E-state index in [-0.39, 0.29) is 17.4 Å². The van der Waals surface area contributed by atoms with Crippen molar-refractivity contribution in [2.24, 2.45) is 0 Å². The Bertz CT molecular complexity index is 854. The number of carbonyl (C=O) groups is 1. The molecule has 1 aliphatic heterocycles. The third-order valence-corrected chi connectivity index (χ3v) is 5.29. The van der Waals surface area contributed by atoms with E-state index in [0.717, 1.165) is 41.5 Å². The van der Waals surface area contributed by atoms with E-state index in [2.05, 4.69) is 48.2 Å². The van der Waals surface area contributed by atoms with Gasteiger partial charge in [-0.15, -0.1) is 11.3 Å². The van der Waals surface area contributed by atoms with Gasteiger partial charge < -0.3 is 10.2 Å². The molecule has 1 aromatic heterocycles. The zero-order valence-electron chi connectivity index (χ0n) is 15.8. The van der Waals surface area contributed by atoms with E-state index >= 15 is 0 Å². The molecule has 1 amide bonds. The molecular formula is C21H25N3OS. The summed E-state index contributed by atoms with van der Waals surface area (Å²) >= 11 is 1.68. The Morgan fingerprint density at radius 3 is 2.88 bits per heavy atom. The van der Waals surface area contributed by atoms with Crippen molar-refractivity contribution >= 4 is 22.4 Å². The largest absolute Gasteiger partial charge is 0.346 e. The van der Waals surface area contributed by atoms with Crippen LogP contribution in [0.4, 0.5) is 5.13 Å². The Morgan fingerprint density at radius 1 is 1.38 bits per heavy atom. The van der Waals surface area contributed by atoms with Crippen LogP contribution >= 0.6 is 11.3 Å². The summed E-state index contributed by atoms with van der Waals surface area (Å²) in [6.45, 7) is 10.2. The summed E-state index contributed by atoms with van der Waals surface area (Å²) in [5, 5.41) is 6.20. The third-order valence-electron chi connectivity index (χ3n) is 4.39. The quantitative estimate of drug-likeness (QED) is 0.827. The van der Waals surface area contributed by atoms with Gasteiger partial charge in [-0.25, -0.2) is 4.98 Å². The summed E-state index contributed by atoms with van der Waals surface area (Å²) in [6, 6.07) is 7.98. The monoisotopic (exact) mass is 367 g/mol. The highest BCUT2D eigenvalue weighted by Gasteiger charge is 2.27. The molecule has 0 saturated carbocycles. The molecule has 0 radical (unpaired) electrons.